The van der Waals surface area contributed by atoms with E-state index >= 15 is 0 Å². The summed E-state index contributed by atoms with van der Waals surface area (Å²) >= 11 is 1.53. The van der Waals surface area contributed by atoms with Gasteiger partial charge in [0.15, 0.2) is 16.7 Å². The lowest BCUT2D eigenvalue weighted by Crippen LogP contribution is -2.29. The van der Waals surface area contributed by atoms with Gasteiger partial charge in [-0.25, -0.2) is 4.98 Å². The smallest absolute Gasteiger partial charge is 0.262 e. The number of amides is 1. The van der Waals surface area contributed by atoms with Gasteiger partial charge in [-0.2, -0.15) is 0 Å². The largest absolute Gasteiger partial charge is 0.454 e. The van der Waals surface area contributed by atoms with Crippen molar-refractivity contribution in [1.82, 2.24) is 14.5 Å². The molecule has 0 saturated carbocycles. The molecular formula is C23H23N3O4S. The highest BCUT2D eigenvalue weighted by molar-refractivity contribution is 7.98. The van der Waals surface area contributed by atoms with E-state index < -0.39 is 0 Å². The SMILES string of the molecule is O=C1CCCN1CCCn1c(SCc2ccc3c(c2)OCO3)nc2ccccc2c1=O. The molecule has 1 saturated heterocycles. The average Bonchev–Trinajstić information content (AvgIpc) is 3.42. The lowest BCUT2D eigenvalue weighted by Gasteiger charge is -2.17. The Labute approximate surface area is 184 Å². The van der Waals surface area contributed by atoms with Gasteiger partial charge in [0.05, 0.1) is 10.9 Å². The number of ether oxygens (including phenoxy) is 2. The maximum Gasteiger partial charge on any atom is 0.262 e. The number of fused-ring (bicyclic) bond motifs is 2. The van der Waals surface area contributed by atoms with Crippen LogP contribution in [0.3, 0.4) is 0 Å². The first-order chi connectivity index (χ1) is 15.2. The van der Waals surface area contributed by atoms with Crippen LogP contribution in [-0.2, 0) is 17.1 Å². The topological polar surface area (TPSA) is 73.7 Å². The third-order valence-electron chi connectivity index (χ3n) is 5.61. The van der Waals surface area contributed by atoms with Gasteiger partial charge in [-0.15, -0.1) is 0 Å². The number of hydrogen-bond donors (Lipinski definition) is 0. The summed E-state index contributed by atoms with van der Waals surface area (Å²) in [6.45, 7) is 2.26. The molecular weight excluding hydrogens is 414 g/mol. The summed E-state index contributed by atoms with van der Waals surface area (Å²) in [5.74, 6) is 2.37. The van der Waals surface area contributed by atoms with Crippen LogP contribution in [0.5, 0.6) is 11.5 Å². The van der Waals surface area contributed by atoms with Crippen molar-refractivity contribution < 1.29 is 14.3 Å². The van der Waals surface area contributed by atoms with Crippen molar-refractivity contribution in [2.75, 3.05) is 19.9 Å². The fraction of sp³-hybridized carbons (Fsp3) is 0.348. The van der Waals surface area contributed by atoms with Crippen LogP contribution in [0, 0.1) is 0 Å². The van der Waals surface area contributed by atoms with Crippen molar-refractivity contribution in [3.8, 4) is 11.5 Å². The molecule has 1 aromatic heterocycles. The summed E-state index contributed by atoms with van der Waals surface area (Å²) in [6, 6.07) is 13.3. The molecule has 31 heavy (non-hydrogen) atoms. The highest BCUT2D eigenvalue weighted by Crippen LogP contribution is 2.34. The lowest BCUT2D eigenvalue weighted by atomic mass is 10.2. The summed E-state index contributed by atoms with van der Waals surface area (Å²) in [5.41, 5.74) is 1.74. The summed E-state index contributed by atoms with van der Waals surface area (Å²) in [6.07, 6.45) is 2.28. The van der Waals surface area contributed by atoms with Crippen LogP contribution in [0.4, 0.5) is 0 Å². The molecule has 1 fully saturated rings. The predicted octanol–water partition coefficient (Wildman–Crippen LogP) is 3.43. The van der Waals surface area contributed by atoms with Crippen LogP contribution in [0.25, 0.3) is 10.9 Å². The summed E-state index contributed by atoms with van der Waals surface area (Å²) in [7, 11) is 0. The van der Waals surface area contributed by atoms with Gasteiger partial charge in [0.1, 0.15) is 0 Å². The van der Waals surface area contributed by atoms with Gasteiger partial charge in [-0.3, -0.25) is 14.2 Å². The van der Waals surface area contributed by atoms with Crippen molar-refractivity contribution in [3.63, 3.8) is 0 Å². The van der Waals surface area contributed by atoms with Crippen LogP contribution >= 0.6 is 11.8 Å². The second kappa shape index (κ2) is 8.63. The van der Waals surface area contributed by atoms with Crippen LogP contribution < -0.4 is 15.0 Å². The normalized spacial score (nSPS) is 15.2. The van der Waals surface area contributed by atoms with Crippen molar-refractivity contribution in [2.45, 2.75) is 36.7 Å². The Bertz CT molecular complexity index is 1190. The van der Waals surface area contributed by atoms with E-state index in [0.29, 0.717) is 41.3 Å². The highest BCUT2D eigenvalue weighted by Gasteiger charge is 2.20. The maximum atomic E-state index is 13.2. The average molecular weight is 438 g/mol. The molecule has 8 heteroatoms. The molecule has 0 N–H and O–H groups in total. The molecule has 2 aromatic carbocycles. The number of aromatic nitrogens is 2. The standard InChI is InChI=1S/C23H23N3O4S/c27-21-7-3-10-25(21)11-4-12-26-22(28)17-5-1-2-6-18(17)24-23(26)31-14-16-8-9-19-20(13-16)30-15-29-19/h1-2,5-6,8-9,13H,3-4,7,10-12,14-15H2. The minimum absolute atomic E-state index is 0.0356. The Kier molecular flexibility index (Phi) is 5.55. The summed E-state index contributed by atoms with van der Waals surface area (Å²) in [4.78, 5) is 31.8. The fourth-order valence-corrected chi connectivity index (χ4v) is 4.96. The summed E-state index contributed by atoms with van der Waals surface area (Å²) in [5, 5.41) is 1.31. The molecule has 3 aromatic rings. The minimum atomic E-state index is -0.0356. The Morgan fingerprint density at radius 2 is 1.90 bits per heavy atom. The van der Waals surface area contributed by atoms with Crippen molar-refractivity contribution >= 4 is 28.6 Å². The van der Waals surface area contributed by atoms with Crippen molar-refractivity contribution in [1.29, 1.82) is 0 Å². The molecule has 1 amide bonds. The van der Waals surface area contributed by atoms with E-state index in [0.717, 1.165) is 36.4 Å². The molecule has 160 valence electrons. The number of hydrogen-bond acceptors (Lipinski definition) is 6. The molecule has 0 aliphatic carbocycles. The second-order valence-corrected chi connectivity index (χ2v) is 8.62. The van der Waals surface area contributed by atoms with E-state index in [1.54, 1.807) is 4.57 Å². The number of likely N-dealkylation sites (tertiary alicyclic amines) is 1. The van der Waals surface area contributed by atoms with E-state index in [4.69, 9.17) is 14.5 Å². The number of rotatable bonds is 7. The molecule has 5 rings (SSSR count). The second-order valence-electron chi connectivity index (χ2n) is 7.68. The zero-order valence-corrected chi connectivity index (χ0v) is 17.9. The Morgan fingerprint density at radius 1 is 1.03 bits per heavy atom. The van der Waals surface area contributed by atoms with Gasteiger partial charge < -0.3 is 14.4 Å². The van der Waals surface area contributed by atoms with E-state index in [9.17, 15) is 9.59 Å². The van der Waals surface area contributed by atoms with Crippen LogP contribution in [0.2, 0.25) is 0 Å². The minimum Gasteiger partial charge on any atom is -0.454 e. The fourth-order valence-electron chi connectivity index (χ4n) is 3.99. The van der Waals surface area contributed by atoms with E-state index in [1.807, 2.05) is 47.4 Å². The predicted molar refractivity (Wildman–Crippen MR) is 119 cm³/mol. The van der Waals surface area contributed by atoms with E-state index in [2.05, 4.69) is 0 Å². The number of thioether (sulfide) groups is 1. The van der Waals surface area contributed by atoms with Gasteiger partial charge in [0.2, 0.25) is 12.7 Å². The Balaban J connectivity index is 1.38. The van der Waals surface area contributed by atoms with Crippen LogP contribution in [-0.4, -0.2) is 40.2 Å². The quantitative estimate of drug-likeness (QED) is 0.417. The number of carbonyl (C=O) groups excluding carboxylic acids is 1. The zero-order valence-electron chi connectivity index (χ0n) is 17.1. The third kappa shape index (κ3) is 4.12. The molecule has 7 nitrogen and oxygen atoms in total. The first kappa shape index (κ1) is 19.9. The molecule has 0 bridgehead atoms. The Hall–Kier alpha value is -3.00. The number of nitrogens with zero attached hydrogens (tertiary/aromatic N) is 3. The lowest BCUT2D eigenvalue weighted by molar-refractivity contribution is -0.127. The first-order valence-corrected chi connectivity index (χ1v) is 11.5. The molecule has 0 radical (unpaired) electrons. The number of benzene rings is 2. The molecule has 0 spiro atoms. The van der Waals surface area contributed by atoms with Crippen molar-refractivity contribution in [3.05, 3.63) is 58.4 Å². The van der Waals surface area contributed by atoms with E-state index in [-0.39, 0.29) is 18.3 Å². The van der Waals surface area contributed by atoms with Gasteiger partial charge in [-0.05, 0) is 42.7 Å². The van der Waals surface area contributed by atoms with E-state index in [1.165, 1.54) is 11.8 Å². The molecule has 3 heterocycles. The zero-order chi connectivity index (χ0) is 21.2. The third-order valence-corrected chi connectivity index (χ3v) is 6.66. The van der Waals surface area contributed by atoms with Gasteiger partial charge in [0.25, 0.3) is 5.56 Å². The van der Waals surface area contributed by atoms with Gasteiger partial charge in [0, 0.05) is 31.8 Å². The van der Waals surface area contributed by atoms with Gasteiger partial charge >= 0.3 is 0 Å². The first-order valence-electron chi connectivity index (χ1n) is 10.5. The van der Waals surface area contributed by atoms with Crippen LogP contribution in [0.15, 0.2) is 52.4 Å². The van der Waals surface area contributed by atoms with Crippen LogP contribution in [0.1, 0.15) is 24.8 Å². The molecule has 2 aliphatic rings. The molecule has 0 atom stereocenters. The highest BCUT2D eigenvalue weighted by atomic mass is 32.2. The number of para-hydroxylation sites is 1. The molecule has 0 unspecified atom stereocenters. The summed E-state index contributed by atoms with van der Waals surface area (Å²) < 4.78 is 12.6. The Morgan fingerprint density at radius 3 is 2.77 bits per heavy atom. The van der Waals surface area contributed by atoms with Crippen molar-refractivity contribution in [2.24, 2.45) is 0 Å². The van der Waals surface area contributed by atoms with Gasteiger partial charge in [-0.1, -0.05) is 30.0 Å². The number of carbonyl (C=O) groups is 1. The molecule has 2 aliphatic heterocycles. The maximum absolute atomic E-state index is 13.2. The monoisotopic (exact) mass is 437 g/mol.